The number of benzene rings is 10. The highest BCUT2D eigenvalue weighted by atomic mass is 15.1. The summed E-state index contributed by atoms with van der Waals surface area (Å²) in [4.78, 5) is 2.45. The predicted molar refractivity (Wildman–Crippen MR) is 282 cm³/mol. The van der Waals surface area contributed by atoms with Crippen molar-refractivity contribution in [2.24, 2.45) is 0 Å². The third-order valence-electron chi connectivity index (χ3n) is 14.6. The molecule has 0 radical (unpaired) electrons. The summed E-state index contributed by atoms with van der Waals surface area (Å²) in [5, 5.41) is 7.41. The van der Waals surface area contributed by atoms with Gasteiger partial charge in [0.1, 0.15) is 0 Å². The largest absolute Gasteiger partial charge is 0.310 e. The Morgan fingerprint density at radius 2 is 0.687 bits per heavy atom. The number of anilines is 3. The third kappa shape index (κ3) is 5.47. The summed E-state index contributed by atoms with van der Waals surface area (Å²) in [6, 6.07) is 84.9. The van der Waals surface area contributed by atoms with Crippen LogP contribution in [-0.4, -0.2) is 13.7 Å². The molecule has 0 spiro atoms. The molecule has 13 aromatic rings. The van der Waals surface area contributed by atoms with Crippen LogP contribution in [0.2, 0.25) is 0 Å². The molecule has 0 amide bonds. The van der Waals surface area contributed by atoms with Crippen molar-refractivity contribution < 1.29 is 0 Å². The van der Waals surface area contributed by atoms with Crippen LogP contribution in [0.25, 0.3) is 93.6 Å². The van der Waals surface area contributed by atoms with Crippen LogP contribution in [0.3, 0.4) is 0 Å². The topological polar surface area (TPSA) is 18.0 Å². The molecule has 3 heterocycles. The standard InChI is InChI=1S/C63H44N4/c1-63(2)55-25-13-9-21-47(55)48-35-33-46(38-56(48)63)64(45-34-36-60-52(37-45)49-22-10-14-26-57(49)65(60)41-17-5-3-6-18-41)43-29-31-44(32-30-43)67-59-28-16-12-24-51(59)54-39-61-53(40-62(54)67)50-23-11-15-27-58(50)66(61)42-19-7-4-8-20-42/h3-40H,1-2H3. The van der Waals surface area contributed by atoms with Gasteiger partial charge in [-0.1, -0.05) is 135 Å². The Labute approximate surface area is 388 Å². The summed E-state index contributed by atoms with van der Waals surface area (Å²) in [7, 11) is 0. The number of hydrogen-bond donors (Lipinski definition) is 0. The Balaban J connectivity index is 0.966. The van der Waals surface area contributed by atoms with Crippen LogP contribution in [0, 0.1) is 0 Å². The van der Waals surface area contributed by atoms with E-state index in [2.05, 4.69) is 263 Å². The van der Waals surface area contributed by atoms with E-state index < -0.39 is 0 Å². The minimum absolute atomic E-state index is 0.139. The Morgan fingerprint density at radius 1 is 0.284 bits per heavy atom. The quantitative estimate of drug-likeness (QED) is 0.163. The molecule has 0 bridgehead atoms. The van der Waals surface area contributed by atoms with Gasteiger partial charge in [0.25, 0.3) is 0 Å². The van der Waals surface area contributed by atoms with Crippen molar-refractivity contribution in [1.82, 2.24) is 13.7 Å². The lowest BCUT2D eigenvalue weighted by atomic mass is 9.82. The molecule has 10 aromatic carbocycles. The van der Waals surface area contributed by atoms with Gasteiger partial charge in [0, 0.05) is 71.9 Å². The van der Waals surface area contributed by atoms with Gasteiger partial charge >= 0.3 is 0 Å². The van der Waals surface area contributed by atoms with Crippen LogP contribution in [0.5, 0.6) is 0 Å². The highest BCUT2D eigenvalue weighted by Gasteiger charge is 2.36. The highest BCUT2D eigenvalue weighted by Crippen LogP contribution is 2.51. The van der Waals surface area contributed by atoms with Crippen molar-refractivity contribution in [1.29, 1.82) is 0 Å². The molecule has 0 fully saturated rings. The molecule has 0 saturated carbocycles. The fourth-order valence-corrected chi connectivity index (χ4v) is 11.5. The van der Waals surface area contributed by atoms with Crippen LogP contribution in [-0.2, 0) is 5.41 Å². The van der Waals surface area contributed by atoms with Gasteiger partial charge in [0.2, 0.25) is 0 Å². The Bertz CT molecular complexity index is 4110. The summed E-state index contributed by atoms with van der Waals surface area (Å²) in [6.45, 7) is 4.73. The van der Waals surface area contributed by atoms with E-state index in [0.717, 1.165) is 34.1 Å². The fraction of sp³-hybridized carbons (Fsp3) is 0.0476. The first-order valence-corrected chi connectivity index (χ1v) is 23.3. The van der Waals surface area contributed by atoms with Gasteiger partial charge in [-0.15, -0.1) is 0 Å². The number of para-hydroxylation sites is 5. The van der Waals surface area contributed by atoms with Crippen molar-refractivity contribution in [2.45, 2.75) is 19.3 Å². The molecule has 67 heavy (non-hydrogen) atoms. The number of fused-ring (bicyclic) bond motifs is 12. The number of aromatic nitrogens is 3. The summed E-state index contributed by atoms with van der Waals surface area (Å²) >= 11 is 0. The first kappa shape index (κ1) is 37.7. The highest BCUT2D eigenvalue weighted by molar-refractivity contribution is 6.19. The molecular weight excluding hydrogens is 813 g/mol. The first-order chi connectivity index (χ1) is 33.0. The van der Waals surface area contributed by atoms with Crippen LogP contribution in [0.15, 0.2) is 231 Å². The van der Waals surface area contributed by atoms with E-state index in [1.165, 1.54) is 87.7 Å². The summed E-state index contributed by atoms with van der Waals surface area (Å²) in [6.07, 6.45) is 0. The average Bonchev–Trinajstić information content (AvgIpc) is 4.07. The van der Waals surface area contributed by atoms with Crippen molar-refractivity contribution >= 4 is 82.5 Å². The smallest absolute Gasteiger partial charge is 0.0548 e. The van der Waals surface area contributed by atoms with Gasteiger partial charge in [0.15, 0.2) is 0 Å². The van der Waals surface area contributed by atoms with Crippen LogP contribution < -0.4 is 4.90 Å². The molecule has 0 aliphatic heterocycles. The van der Waals surface area contributed by atoms with E-state index in [4.69, 9.17) is 0 Å². The second-order valence-electron chi connectivity index (χ2n) is 18.6. The van der Waals surface area contributed by atoms with Gasteiger partial charge in [-0.2, -0.15) is 0 Å². The zero-order valence-corrected chi connectivity index (χ0v) is 37.2. The van der Waals surface area contributed by atoms with E-state index in [1.54, 1.807) is 0 Å². The Kier molecular flexibility index (Phi) is 8.00. The summed E-state index contributed by atoms with van der Waals surface area (Å²) in [5.74, 6) is 0. The first-order valence-electron chi connectivity index (χ1n) is 23.3. The SMILES string of the molecule is CC1(C)c2ccccc2-c2ccc(N(c3ccc(-n4c5ccccc5c5cc6c(cc54)c4ccccc4n6-c4ccccc4)cc3)c3ccc4c(c3)c3ccccc3n4-c3ccccc3)cc21. The second-order valence-corrected chi connectivity index (χ2v) is 18.6. The minimum atomic E-state index is -0.139. The molecule has 4 nitrogen and oxygen atoms in total. The Morgan fingerprint density at radius 3 is 1.27 bits per heavy atom. The van der Waals surface area contributed by atoms with Crippen LogP contribution in [0.1, 0.15) is 25.0 Å². The average molecular weight is 857 g/mol. The molecule has 0 N–H and O–H groups in total. The number of nitrogens with zero attached hydrogens (tertiary/aromatic N) is 4. The monoisotopic (exact) mass is 856 g/mol. The second kappa shape index (κ2) is 14.2. The molecule has 0 unspecified atom stereocenters. The van der Waals surface area contributed by atoms with Gasteiger partial charge in [0.05, 0.1) is 33.1 Å². The van der Waals surface area contributed by atoms with Crippen molar-refractivity contribution in [3.63, 3.8) is 0 Å². The zero-order chi connectivity index (χ0) is 44.4. The third-order valence-corrected chi connectivity index (χ3v) is 14.6. The van der Waals surface area contributed by atoms with E-state index in [0.29, 0.717) is 0 Å². The molecule has 1 aliphatic carbocycles. The van der Waals surface area contributed by atoms with Crippen molar-refractivity contribution in [2.75, 3.05) is 4.90 Å². The van der Waals surface area contributed by atoms with E-state index in [1.807, 2.05) is 0 Å². The van der Waals surface area contributed by atoms with Gasteiger partial charge < -0.3 is 18.6 Å². The summed E-state index contributed by atoms with van der Waals surface area (Å²) in [5.41, 5.74) is 19.2. The number of hydrogen-bond acceptors (Lipinski definition) is 1. The minimum Gasteiger partial charge on any atom is -0.310 e. The lowest BCUT2D eigenvalue weighted by Gasteiger charge is -2.28. The summed E-state index contributed by atoms with van der Waals surface area (Å²) < 4.78 is 7.25. The van der Waals surface area contributed by atoms with Crippen molar-refractivity contribution in [3.8, 4) is 28.2 Å². The molecule has 0 saturated heterocycles. The molecule has 0 atom stereocenters. The lowest BCUT2D eigenvalue weighted by Crippen LogP contribution is -2.16. The van der Waals surface area contributed by atoms with Gasteiger partial charge in [-0.25, -0.2) is 0 Å². The van der Waals surface area contributed by atoms with Crippen LogP contribution in [0.4, 0.5) is 17.1 Å². The van der Waals surface area contributed by atoms with Gasteiger partial charge in [-0.3, -0.25) is 0 Å². The zero-order valence-electron chi connectivity index (χ0n) is 37.2. The predicted octanol–water partition coefficient (Wildman–Crippen LogP) is 16.8. The normalized spacial score (nSPS) is 13.0. The van der Waals surface area contributed by atoms with E-state index >= 15 is 0 Å². The molecule has 14 rings (SSSR count). The fourth-order valence-electron chi connectivity index (χ4n) is 11.5. The lowest BCUT2D eigenvalue weighted by molar-refractivity contribution is 0.660. The maximum absolute atomic E-state index is 2.45. The molecule has 1 aliphatic rings. The molecule has 3 aromatic heterocycles. The maximum Gasteiger partial charge on any atom is 0.0548 e. The van der Waals surface area contributed by atoms with Crippen molar-refractivity contribution in [3.05, 3.63) is 242 Å². The number of rotatable bonds is 6. The Hall–Kier alpha value is -8.60. The van der Waals surface area contributed by atoms with E-state index in [-0.39, 0.29) is 5.41 Å². The maximum atomic E-state index is 2.45. The van der Waals surface area contributed by atoms with Gasteiger partial charge in [-0.05, 0) is 131 Å². The van der Waals surface area contributed by atoms with E-state index in [9.17, 15) is 0 Å². The molecule has 4 heteroatoms. The molecule has 316 valence electrons. The van der Waals surface area contributed by atoms with Crippen LogP contribution >= 0.6 is 0 Å². The molecular formula is C63H44N4.